The zero-order valence-corrected chi connectivity index (χ0v) is 15.5. The number of aliphatic hydroxyl groups excluding tert-OH is 1. The van der Waals surface area contributed by atoms with E-state index < -0.39 is 11.2 Å². The van der Waals surface area contributed by atoms with Crippen molar-refractivity contribution in [3.8, 4) is 0 Å². The minimum Gasteiger partial charge on any atom is -0.508 e. The molecule has 124 valence electrons. The van der Waals surface area contributed by atoms with Crippen molar-refractivity contribution in [1.82, 2.24) is 0 Å². The predicted octanol–water partition coefficient (Wildman–Crippen LogP) is 4.97. The van der Waals surface area contributed by atoms with Crippen molar-refractivity contribution in [2.75, 3.05) is 0 Å². The molecule has 0 bridgehead atoms. The van der Waals surface area contributed by atoms with Crippen molar-refractivity contribution < 1.29 is 14.6 Å². The van der Waals surface area contributed by atoms with Crippen molar-refractivity contribution in [1.29, 1.82) is 0 Å². The Morgan fingerprint density at radius 3 is 2.52 bits per heavy atom. The van der Waals surface area contributed by atoms with E-state index in [0.717, 1.165) is 47.7 Å². The van der Waals surface area contributed by atoms with E-state index in [9.17, 15) is 9.90 Å². The van der Waals surface area contributed by atoms with E-state index in [4.69, 9.17) is 4.74 Å². The van der Waals surface area contributed by atoms with Gasteiger partial charge in [0, 0.05) is 4.47 Å². The summed E-state index contributed by atoms with van der Waals surface area (Å²) in [5.74, 6) is 0.000829. The minimum absolute atomic E-state index is 0.135. The van der Waals surface area contributed by atoms with Crippen LogP contribution in [0.15, 0.2) is 28.4 Å². The van der Waals surface area contributed by atoms with Crippen LogP contribution in [0.25, 0.3) is 5.57 Å². The van der Waals surface area contributed by atoms with E-state index in [0.29, 0.717) is 5.57 Å². The molecule has 1 fully saturated rings. The molecule has 0 amide bonds. The summed E-state index contributed by atoms with van der Waals surface area (Å²) in [5, 5.41) is 11.0. The number of carbonyl (C=O) groups excluding carboxylic acids is 1. The number of halogens is 1. The van der Waals surface area contributed by atoms with Crippen molar-refractivity contribution in [2.45, 2.75) is 64.1 Å². The second-order valence-corrected chi connectivity index (χ2v) is 7.94. The number of aryl methyl sites for hydroxylation is 1. The molecule has 1 aliphatic heterocycles. The highest BCUT2D eigenvalue weighted by Gasteiger charge is 2.52. The molecule has 0 saturated heterocycles. The largest absolute Gasteiger partial charge is 0.508 e. The van der Waals surface area contributed by atoms with Gasteiger partial charge >= 0.3 is 0 Å². The number of ketones is 1. The number of hydrogen-bond donors (Lipinski definition) is 1. The summed E-state index contributed by atoms with van der Waals surface area (Å²) >= 11 is 3.49. The van der Waals surface area contributed by atoms with Gasteiger partial charge in [-0.25, -0.2) is 0 Å². The summed E-state index contributed by atoms with van der Waals surface area (Å²) < 4.78 is 7.11. The SMILES string of the molecule is CCc1cc(Br)ccc1C1=C(O)C2(CCCC2)OC(C)(C)C1=O. The lowest BCUT2D eigenvalue weighted by Crippen LogP contribution is -2.51. The van der Waals surface area contributed by atoms with Crippen LogP contribution in [-0.2, 0) is 16.0 Å². The number of hydrogen-bond acceptors (Lipinski definition) is 3. The van der Waals surface area contributed by atoms with Gasteiger partial charge in [0.2, 0.25) is 0 Å². The lowest BCUT2D eigenvalue weighted by Gasteiger charge is -2.42. The molecule has 1 N–H and O–H groups in total. The molecule has 1 aromatic rings. The maximum Gasteiger partial charge on any atom is 0.198 e. The standard InChI is InChI=1S/C19H23BrO3/c1-4-12-11-13(20)7-8-14(12)15-16(21)18(2,3)23-19(17(15)22)9-5-6-10-19/h7-8,11,22H,4-6,9-10H2,1-3H3. The summed E-state index contributed by atoms with van der Waals surface area (Å²) in [6.45, 7) is 5.68. The Kier molecular flexibility index (Phi) is 4.18. The second kappa shape index (κ2) is 5.75. The molecule has 0 atom stereocenters. The van der Waals surface area contributed by atoms with E-state index in [2.05, 4.69) is 22.9 Å². The summed E-state index contributed by atoms with van der Waals surface area (Å²) in [6, 6.07) is 5.87. The Morgan fingerprint density at radius 1 is 1.26 bits per heavy atom. The number of rotatable bonds is 2. The van der Waals surface area contributed by atoms with Crippen molar-refractivity contribution in [3.63, 3.8) is 0 Å². The van der Waals surface area contributed by atoms with Gasteiger partial charge in [0.25, 0.3) is 0 Å². The van der Waals surface area contributed by atoms with Gasteiger partial charge in [-0.3, -0.25) is 4.79 Å². The van der Waals surface area contributed by atoms with Gasteiger partial charge in [-0.15, -0.1) is 0 Å². The van der Waals surface area contributed by atoms with Crippen LogP contribution < -0.4 is 0 Å². The Hall–Kier alpha value is -1.13. The molecule has 4 heteroatoms. The number of carbonyl (C=O) groups is 1. The van der Waals surface area contributed by atoms with Crippen LogP contribution in [0.5, 0.6) is 0 Å². The molecule has 3 rings (SSSR count). The minimum atomic E-state index is -0.913. The van der Waals surface area contributed by atoms with E-state index >= 15 is 0 Å². The first-order valence-corrected chi connectivity index (χ1v) is 9.07. The normalized spacial score (nSPS) is 22.9. The fraction of sp³-hybridized carbons (Fsp3) is 0.526. The molecule has 1 aliphatic carbocycles. The molecule has 0 aromatic heterocycles. The molecule has 23 heavy (non-hydrogen) atoms. The molecule has 0 unspecified atom stereocenters. The van der Waals surface area contributed by atoms with Gasteiger partial charge < -0.3 is 9.84 Å². The molecule has 3 nitrogen and oxygen atoms in total. The number of aliphatic hydroxyl groups is 1. The van der Waals surface area contributed by atoms with Gasteiger partial charge in [-0.2, -0.15) is 0 Å². The van der Waals surface area contributed by atoms with E-state index in [1.807, 2.05) is 32.0 Å². The van der Waals surface area contributed by atoms with Gasteiger partial charge in [-0.05, 0) is 69.2 Å². The lowest BCUT2D eigenvalue weighted by molar-refractivity contribution is -0.164. The highest BCUT2D eigenvalue weighted by molar-refractivity contribution is 9.10. The molecule has 1 spiro atoms. The maximum atomic E-state index is 13.0. The molecule has 1 saturated carbocycles. The fourth-order valence-electron chi connectivity index (χ4n) is 3.85. The fourth-order valence-corrected chi connectivity index (χ4v) is 4.26. The van der Waals surface area contributed by atoms with Crippen molar-refractivity contribution in [3.05, 3.63) is 39.6 Å². The van der Waals surface area contributed by atoms with Crippen molar-refractivity contribution >= 4 is 27.3 Å². The first kappa shape index (κ1) is 16.7. The van der Waals surface area contributed by atoms with E-state index in [1.165, 1.54) is 0 Å². The van der Waals surface area contributed by atoms with E-state index in [1.54, 1.807) is 0 Å². The van der Waals surface area contributed by atoms with Gasteiger partial charge in [0.1, 0.15) is 17.0 Å². The Balaban J connectivity index is 2.24. The lowest BCUT2D eigenvalue weighted by atomic mass is 9.79. The average Bonchev–Trinajstić information content (AvgIpc) is 2.96. The van der Waals surface area contributed by atoms with Crippen LogP contribution in [-0.4, -0.2) is 22.1 Å². The van der Waals surface area contributed by atoms with Crippen LogP contribution in [0.3, 0.4) is 0 Å². The third kappa shape index (κ3) is 2.66. The second-order valence-electron chi connectivity index (χ2n) is 7.02. The number of ether oxygens (including phenoxy) is 1. The third-order valence-electron chi connectivity index (χ3n) is 5.02. The molecule has 2 aliphatic rings. The van der Waals surface area contributed by atoms with Crippen molar-refractivity contribution in [2.24, 2.45) is 0 Å². The average molecular weight is 379 g/mol. The van der Waals surface area contributed by atoms with E-state index in [-0.39, 0.29) is 11.5 Å². The molecule has 0 radical (unpaired) electrons. The molecular formula is C19H23BrO3. The number of Topliss-reactive ketones (excluding diaryl/α,β-unsaturated/α-hetero) is 1. The van der Waals surface area contributed by atoms with Crippen LogP contribution >= 0.6 is 15.9 Å². The Labute approximate surface area is 145 Å². The summed E-state index contributed by atoms with van der Waals surface area (Å²) in [7, 11) is 0. The smallest absolute Gasteiger partial charge is 0.198 e. The Morgan fingerprint density at radius 2 is 1.91 bits per heavy atom. The van der Waals surface area contributed by atoms with Crippen LogP contribution in [0.4, 0.5) is 0 Å². The highest BCUT2D eigenvalue weighted by atomic mass is 79.9. The van der Waals surface area contributed by atoms with Crippen LogP contribution in [0.2, 0.25) is 0 Å². The van der Waals surface area contributed by atoms with Gasteiger partial charge in [0.05, 0.1) is 5.57 Å². The predicted molar refractivity (Wildman–Crippen MR) is 94.4 cm³/mol. The maximum absolute atomic E-state index is 13.0. The molecule has 1 heterocycles. The Bertz CT molecular complexity index is 682. The summed E-state index contributed by atoms with van der Waals surface area (Å²) in [4.78, 5) is 13.0. The number of benzene rings is 1. The summed E-state index contributed by atoms with van der Waals surface area (Å²) in [5.41, 5.74) is 0.739. The third-order valence-corrected chi connectivity index (χ3v) is 5.51. The first-order chi connectivity index (χ1) is 10.8. The highest BCUT2D eigenvalue weighted by Crippen LogP contribution is 2.48. The van der Waals surface area contributed by atoms with Gasteiger partial charge in [0.15, 0.2) is 5.78 Å². The molecule has 1 aromatic carbocycles. The van der Waals surface area contributed by atoms with Crippen LogP contribution in [0, 0.1) is 0 Å². The quantitative estimate of drug-likeness (QED) is 0.789. The zero-order valence-electron chi connectivity index (χ0n) is 13.9. The zero-order chi connectivity index (χ0) is 16.8. The topological polar surface area (TPSA) is 46.5 Å². The van der Waals surface area contributed by atoms with Gasteiger partial charge in [-0.1, -0.05) is 28.9 Å². The monoisotopic (exact) mass is 378 g/mol. The molecular weight excluding hydrogens is 356 g/mol. The summed E-state index contributed by atoms with van der Waals surface area (Å²) in [6.07, 6.45) is 4.38. The first-order valence-electron chi connectivity index (χ1n) is 8.28. The van der Waals surface area contributed by atoms with Crippen LogP contribution in [0.1, 0.15) is 57.6 Å².